The molecule has 1 aromatic heterocycles. The van der Waals surface area contributed by atoms with Crippen LogP contribution in [0.5, 0.6) is 0 Å². The Morgan fingerprint density at radius 3 is 1.90 bits per heavy atom. The zero-order chi connectivity index (χ0) is 28.5. The molecule has 0 spiro atoms. The van der Waals surface area contributed by atoms with E-state index in [9.17, 15) is 4.79 Å². The smallest absolute Gasteiger partial charge is 0.313 e. The molecule has 3 aromatic rings. The van der Waals surface area contributed by atoms with Crippen LogP contribution < -0.4 is 17.0 Å². The first-order valence-electron chi connectivity index (χ1n) is 12.5. The van der Waals surface area contributed by atoms with Crippen LogP contribution in [0, 0.1) is 46.8 Å². The number of rotatable bonds is 4. The number of carbonyl (C=O) groups excluding carboxylic acids is 1. The Morgan fingerprint density at radius 2 is 1.46 bits per heavy atom. The van der Waals surface area contributed by atoms with Crippen molar-refractivity contribution in [1.29, 1.82) is 15.8 Å². The van der Waals surface area contributed by atoms with Gasteiger partial charge in [0.2, 0.25) is 5.89 Å². The average molecular weight is 589 g/mol. The standard InChI is InChI=1S/C14H14N4O.C13H15N3O.CBrN/c1-8-5-11(9-3-2-4-9)12(6-10(8)7-15)13-17-18-14(16)19-13;1-8-5-11(9-3-2-4-9)12(13(17)16-15)6-10(8)7-14;2-1-3/h5-6,9H,2-4H2,1H3,(H2,16,18);5-6,9H,2-4,15H2,1H3,(H,16,17);. The molecular weight excluding hydrogens is 560 g/mol. The van der Waals surface area contributed by atoms with Crippen molar-refractivity contribution in [3.05, 3.63) is 63.2 Å². The molecule has 5 N–H and O–H groups in total. The lowest BCUT2D eigenvalue weighted by Crippen LogP contribution is -2.31. The third kappa shape index (κ3) is 6.80. The number of aromatic nitrogens is 2. The molecule has 0 aliphatic heterocycles. The van der Waals surface area contributed by atoms with Crippen LogP contribution in [-0.4, -0.2) is 16.1 Å². The highest BCUT2D eigenvalue weighted by Crippen LogP contribution is 2.42. The molecule has 200 valence electrons. The number of aryl methyl sites for hydroxylation is 2. The van der Waals surface area contributed by atoms with Crippen LogP contribution in [0.4, 0.5) is 6.01 Å². The van der Waals surface area contributed by atoms with Crippen molar-refractivity contribution in [2.45, 2.75) is 64.2 Å². The fourth-order valence-corrected chi connectivity index (χ4v) is 4.62. The molecule has 0 radical (unpaired) electrons. The highest BCUT2D eigenvalue weighted by atomic mass is 79.9. The molecule has 2 saturated carbocycles. The lowest BCUT2D eigenvalue weighted by molar-refractivity contribution is 0.0951. The number of hydrazine groups is 1. The van der Waals surface area contributed by atoms with E-state index in [-0.39, 0.29) is 11.9 Å². The van der Waals surface area contributed by atoms with Gasteiger partial charge < -0.3 is 10.2 Å². The van der Waals surface area contributed by atoms with Crippen LogP contribution in [-0.2, 0) is 0 Å². The molecule has 2 aliphatic rings. The van der Waals surface area contributed by atoms with E-state index in [1.54, 1.807) is 11.0 Å². The maximum absolute atomic E-state index is 11.7. The van der Waals surface area contributed by atoms with Gasteiger partial charge in [-0.2, -0.15) is 15.8 Å². The van der Waals surface area contributed by atoms with Crippen molar-refractivity contribution in [3.63, 3.8) is 0 Å². The van der Waals surface area contributed by atoms with Gasteiger partial charge in [0.25, 0.3) is 5.91 Å². The molecule has 10 nitrogen and oxygen atoms in total. The van der Waals surface area contributed by atoms with Gasteiger partial charge in [-0.1, -0.05) is 30.1 Å². The summed E-state index contributed by atoms with van der Waals surface area (Å²) in [7, 11) is 0. The quantitative estimate of drug-likeness (QED) is 0.204. The van der Waals surface area contributed by atoms with Gasteiger partial charge in [0.15, 0.2) is 0 Å². The van der Waals surface area contributed by atoms with Crippen LogP contribution in [0.15, 0.2) is 28.7 Å². The zero-order valence-corrected chi connectivity index (χ0v) is 23.4. The Kier molecular flexibility index (Phi) is 10.2. The second-order valence-corrected chi connectivity index (χ2v) is 9.85. The summed E-state index contributed by atoms with van der Waals surface area (Å²) in [5.41, 5.74) is 14.3. The van der Waals surface area contributed by atoms with Crippen molar-refractivity contribution >= 4 is 27.9 Å². The molecule has 1 amide bonds. The minimum atomic E-state index is -0.316. The lowest BCUT2D eigenvalue weighted by Gasteiger charge is -2.28. The Hall–Kier alpha value is -4.24. The summed E-state index contributed by atoms with van der Waals surface area (Å²) in [5, 5.41) is 33.0. The molecule has 0 unspecified atom stereocenters. The second kappa shape index (κ2) is 13.5. The highest BCUT2D eigenvalue weighted by Gasteiger charge is 2.26. The molecule has 39 heavy (non-hydrogen) atoms. The van der Waals surface area contributed by atoms with Gasteiger partial charge in [-0.05, 0) is 85.8 Å². The number of nitrogen functional groups attached to an aromatic ring is 2. The number of amides is 1. The predicted octanol–water partition coefficient (Wildman–Crippen LogP) is 5.37. The summed E-state index contributed by atoms with van der Waals surface area (Å²) in [5.74, 6) is 6.22. The first-order chi connectivity index (χ1) is 18.8. The maximum Gasteiger partial charge on any atom is 0.313 e. The molecular formula is C28H29BrN8O2. The first-order valence-corrected chi connectivity index (χ1v) is 13.3. The molecule has 2 aliphatic carbocycles. The van der Waals surface area contributed by atoms with Crippen LogP contribution in [0.2, 0.25) is 0 Å². The minimum absolute atomic E-state index is 0.0497. The zero-order valence-electron chi connectivity index (χ0n) is 21.8. The summed E-state index contributed by atoms with van der Waals surface area (Å²) in [6.07, 6.45) is 7.00. The summed E-state index contributed by atoms with van der Waals surface area (Å²) < 4.78 is 5.31. The van der Waals surface area contributed by atoms with Gasteiger partial charge in [-0.25, -0.2) is 5.84 Å². The van der Waals surface area contributed by atoms with Crippen molar-refractivity contribution in [1.82, 2.24) is 15.6 Å². The lowest BCUT2D eigenvalue weighted by atomic mass is 9.77. The number of hydrogen-bond acceptors (Lipinski definition) is 9. The number of nitriles is 3. The normalized spacial score (nSPS) is 14.0. The molecule has 0 saturated heterocycles. The third-order valence-electron chi connectivity index (χ3n) is 7.17. The number of carbonyl (C=O) groups is 1. The number of halogens is 1. The topological polar surface area (TPSA) is 191 Å². The Balaban J connectivity index is 0.000000197. The fourth-order valence-electron chi connectivity index (χ4n) is 4.62. The van der Waals surface area contributed by atoms with E-state index in [1.807, 2.05) is 26.0 Å². The van der Waals surface area contributed by atoms with E-state index < -0.39 is 0 Å². The molecule has 5 rings (SSSR count). The number of nitrogens with one attached hydrogen (secondary N) is 1. The van der Waals surface area contributed by atoms with Crippen molar-refractivity contribution in [2.24, 2.45) is 5.84 Å². The van der Waals surface area contributed by atoms with E-state index in [4.69, 9.17) is 31.8 Å². The van der Waals surface area contributed by atoms with Gasteiger partial charge in [0.1, 0.15) is 4.98 Å². The second-order valence-electron chi connectivity index (χ2n) is 9.49. The summed E-state index contributed by atoms with van der Waals surface area (Å²) >= 11 is 2.45. The van der Waals surface area contributed by atoms with Crippen LogP contribution in [0.3, 0.4) is 0 Å². The summed E-state index contributed by atoms with van der Waals surface area (Å²) in [4.78, 5) is 13.3. The largest absolute Gasteiger partial charge is 0.404 e. The van der Waals surface area contributed by atoms with Gasteiger partial charge in [-0.3, -0.25) is 10.2 Å². The monoisotopic (exact) mass is 588 g/mol. The van der Waals surface area contributed by atoms with Crippen LogP contribution >= 0.6 is 15.9 Å². The van der Waals surface area contributed by atoms with E-state index >= 15 is 0 Å². The van der Waals surface area contributed by atoms with Crippen molar-refractivity contribution in [3.8, 4) is 28.6 Å². The van der Waals surface area contributed by atoms with Crippen molar-refractivity contribution < 1.29 is 9.21 Å². The van der Waals surface area contributed by atoms with Crippen LogP contribution in [0.1, 0.15) is 94.1 Å². The van der Waals surface area contributed by atoms with E-state index in [0.29, 0.717) is 34.4 Å². The fraction of sp³-hybridized carbons (Fsp3) is 0.357. The number of hydrogen-bond donors (Lipinski definition) is 3. The number of anilines is 1. The van der Waals surface area contributed by atoms with Gasteiger partial charge >= 0.3 is 6.01 Å². The molecule has 2 aromatic carbocycles. The third-order valence-corrected chi connectivity index (χ3v) is 7.17. The SMILES string of the molecule is Cc1cc(C2CCC2)c(-c2nnc(N)o2)cc1C#N.Cc1cc(C2CCC2)c(C(=O)NN)cc1C#N.N#CBr. The highest BCUT2D eigenvalue weighted by molar-refractivity contribution is 9.12. The van der Waals surface area contributed by atoms with Gasteiger partial charge in [-0.15, -0.1) is 5.10 Å². The van der Waals surface area contributed by atoms with E-state index in [0.717, 1.165) is 35.1 Å². The summed E-state index contributed by atoms with van der Waals surface area (Å²) in [6.45, 7) is 3.84. The van der Waals surface area contributed by atoms with E-state index in [1.165, 1.54) is 31.2 Å². The van der Waals surface area contributed by atoms with E-state index in [2.05, 4.69) is 49.8 Å². The molecule has 0 bridgehead atoms. The first kappa shape index (κ1) is 29.3. The number of nitrogens with two attached hydrogens (primary N) is 2. The Labute approximate surface area is 235 Å². The number of nitrogens with zero attached hydrogens (tertiary/aromatic N) is 5. The number of benzene rings is 2. The molecule has 0 atom stereocenters. The van der Waals surface area contributed by atoms with Gasteiger partial charge in [0.05, 0.1) is 23.3 Å². The Bertz CT molecular complexity index is 1470. The predicted molar refractivity (Wildman–Crippen MR) is 149 cm³/mol. The van der Waals surface area contributed by atoms with Crippen molar-refractivity contribution in [2.75, 3.05) is 5.73 Å². The molecule has 2 fully saturated rings. The average Bonchev–Trinajstić information content (AvgIpc) is 3.29. The summed E-state index contributed by atoms with van der Waals surface area (Å²) in [6, 6.07) is 11.8. The maximum atomic E-state index is 11.7. The minimum Gasteiger partial charge on any atom is -0.404 e. The molecule has 1 heterocycles. The van der Waals surface area contributed by atoms with Gasteiger partial charge in [0, 0.05) is 27.1 Å². The van der Waals surface area contributed by atoms with Crippen LogP contribution in [0.25, 0.3) is 11.5 Å². The Morgan fingerprint density at radius 1 is 0.949 bits per heavy atom. The molecule has 11 heteroatoms.